The number of ether oxygens (including phenoxy) is 1. The third-order valence-electron chi connectivity index (χ3n) is 5.22. The minimum Gasteiger partial charge on any atom is -0.467 e. The molecule has 2 N–H and O–H groups in total. The second kappa shape index (κ2) is 8.77. The number of urea groups is 1. The first kappa shape index (κ1) is 19.6. The Bertz CT molecular complexity index is 1010. The van der Waals surface area contributed by atoms with Gasteiger partial charge in [-0.15, -0.1) is 0 Å². The van der Waals surface area contributed by atoms with E-state index in [2.05, 4.69) is 20.3 Å². The van der Waals surface area contributed by atoms with Crippen molar-refractivity contribution in [3.63, 3.8) is 0 Å². The largest absolute Gasteiger partial charge is 0.467 e. The molecule has 4 rings (SSSR count). The molecular formula is C22H23N5O3. The summed E-state index contributed by atoms with van der Waals surface area (Å²) in [5.41, 5.74) is 3.41. The number of methoxy groups -OCH3 is 1. The van der Waals surface area contributed by atoms with Crippen LogP contribution in [0.1, 0.15) is 28.7 Å². The molecule has 0 spiro atoms. The number of fused-ring (bicyclic) bond motifs is 1. The predicted molar refractivity (Wildman–Crippen MR) is 110 cm³/mol. The minimum absolute atomic E-state index is 0.342. The monoisotopic (exact) mass is 405 g/mol. The van der Waals surface area contributed by atoms with E-state index in [1.807, 2.05) is 48.5 Å². The van der Waals surface area contributed by atoms with E-state index in [1.54, 1.807) is 17.4 Å². The summed E-state index contributed by atoms with van der Waals surface area (Å²) in [6, 6.07) is 13.5. The number of amides is 2. The highest BCUT2D eigenvalue weighted by Gasteiger charge is 2.36. The highest BCUT2D eigenvalue weighted by Crippen LogP contribution is 2.32. The van der Waals surface area contributed by atoms with Crippen LogP contribution in [-0.2, 0) is 22.4 Å². The second-order valence-corrected chi connectivity index (χ2v) is 7.08. The van der Waals surface area contributed by atoms with Gasteiger partial charge in [0, 0.05) is 31.3 Å². The molecule has 1 aliphatic rings. The Balaban J connectivity index is 1.59. The summed E-state index contributed by atoms with van der Waals surface area (Å²) in [7, 11) is 1.32. The Morgan fingerprint density at radius 3 is 2.73 bits per heavy atom. The number of rotatable bonds is 5. The third kappa shape index (κ3) is 4.03. The normalized spacial score (nSPS) is 16.4. The molecule has 1 unspecified atom stereocenters. The number of carbonyl (C=O) groups excluding carboxylic acids is 2. The predicted octanol–water partition coefficient (Wildman–Crippen LogP) is 2.25. The van der Waals surface area contributed by atoms with Crippen molar-refractivity contribution in [3.8, 4) is 0 Å². The Hall–Kier alpha value is -3.68. The number of carbonyl (C=O) groups is 2. The van der Waals surface area contributed by atoms with E-state index in [9.17, 15) is 9.59 Å². The first-order valence-electron chi connectivity index (χ1n) is 9.79. The van der Waals surface area contributed by atoms with Crippen molar-refractivity contribution in [3.05, 3.63) is 83.7 Å². The van der Waals surface area contributed by atoms with E-state index < -0.39 is 18.1 Å². The number of imidazole rings is 1. The zero-order chi connectivity index (χ0) is 20.9. The Morgan fingerprint density at radius 2 is 2.00 bits per heavy atom. The summed E-state index contributed by atoms with van der Waals surface area (Å²) in [6.07, 6.45) is 4.32. The van der Waals surface area contributed by atoms with Crippen molar-refractivity contribution in [1.82, 2.24) is 25.2 Å². The van der Waals surface area contributed by atoms with Gasteiger partial charge in [0.2, 0.25) is 0 Å². The molecule has 3 heterocycles. The lowest BCUT2D eigenvalue weighted by molar-refractivity contribution is -0.142. The average Bonchev–Trinajstić information content (AvgIpc) is 3.27. The van der Waals surface area contributed by atoms with Crippen LogP contribution in [0.15, 0.2) is 61.1 Å². The van der Waals surface area contributed by atoms with Crippen LogP contribution in [0, 0.1) is 0 Å². The maximum atomic E-state index is 13.3. The Kier molecular flexibility index (Phi) is 5.74. The summed E-state index contributed by atoms with van der Waals surface area (Å²) in [5, 5.41) is 2.86. The summed E-state index contributed by atoms with van der Waals surface area (Å²) in [4.78, 5) is 39.3. The molecular weight excluding hydrogens is 382 g/mol. The Labute approximate surface area is 174 Å². The third-order valence-corrected chi connectivity index (χ3v) is 5.22. The van der Waals surface area contributed by atoms with Gasteiger partial charge in [-0.3, -0.25) is 4.98 Å². The maximum absolute atomic E-state index is 13.3. The number of nitrogens with one attached hydrogen (secondary N) is 2. The first-order chi connectivity index (χ1) is 14.7. The van der Waals surface area contributed by atoms with Gasteiger partial charge in [-0.1, -0.05) is 36.4 Å². The van der Waals surface area contributed by atoms with Crippen molar-refractivity contribution >= 4 is 12.0 Å². The number of esters is 1. The van der Waals surface area contributed by atoms with Crippen molar-refractivity contribution in [1.29, 1.82) is 0 Å². The van der Waals surface area contributed by atoms with Crippen molar-refractivity contribution in [2.75, 3.05) is 13.7 Å². The lowest BCUT2D eigenvalue weighted by atomic mass is 9.99. The number of benzene rings is 1. The fourth-order valence-electron chi connectivity index (χ4n) is 3.75. The number of nitrogens with zero attached hydrogens (tertiary/aromatic N) is 3. The van der Waals surface area contributed by atoms with Crippen LogP contribution in [0.3, 0.4) is 0 Å². The lowest BCUT2D eigenvalue weighted by Crippen LogP contribution is -2.52. The molecule has 0 fully saturated rings. The molecule has 0 saturated carbocycles. The van der Waals surface area contributed by atoms with Gasteiger partial charge in [-0.05, 0) is 17.7 Å². The van der Waals surface area contributed by atoms with E-state index in [-0.39, 0.29) is 6.03 Å². The van der Waals surface area contributed by atoms with E-state index in [1.165, 1.54) is 7.11 Å². The zero-order valence-electron chi connectivity index (χ0n) is 16.6. The smallest absolute Gasteiger partial charge is 0.328 e. The number of pyridine rings is 1. The number of aromatic amines is 1. The fourth-order valence-corrected chi connectivity index (χ4v) is 3.75. The molecule has 2 aromatic heterocycles. The van der Waals surface area contributed by atoms with Crippen LogP contribution < -0.4 is 5.32 Å². The molecule has 1 aliphatic heterocycles. The van der Waals surface area contributed by atoms with Gasteiger partial charge in [-0.2, -0.15) is 0 Å². The topological polar surface area (TPSA) is 100 Å². The van der Waals surface area contributed by atoms with Gasteiger partial charge in [-0.25, -0.2) is 14.6 Å². The molecule has 0 radical (unpaired) electrons. The quantitative estimate of drug-likeness (QED) is 0.634. The molecule has 2 atom stereocenters. The number of aromatic nitrogens is 3. The van der Waals surface area contributed by atoms with Gasteiger partial charge in [0.15, 0.2) is 0 Å². The first-order valence-corrected chi connectivity index (χ1v) is 9.79. The van der Waals surface area contributed by atoms with Crippen molar-refractivity contribution < 1.29 is 14.3 Å². The molecule has 30 heavy (non-hydrogen) atoms. The van der Waals surface area contributed by atoms with Gasteiger partial charge < -0.3 is 19.9 Å². The molecule has 8 heteroatoms. The van der Waals surface area contributed by atoms with Gasteiger partial charge >= 0.3 is 12.0 Å². The average molecular weight is 405 g/mol. The molecule has 1 aromatic carbocycles. The molecule has 3 aromatic rings. The van der Waals surface area contributed by atoms with E-state index in [0.717, 1.165) is 22.6 Å². The van der Waals surface area contributed by atoms with Crippen molar-refractivity contribution in [2.24, 2.45) is 0 Å². The highest BCUT2D eigenvalue weighted by molar-refractivity contribution is 5.84. The molecule has 2 amide bonds. The molecule has 0 aliphatic carbocycles. The maximum Gasteiger partial charge on any atom is 0.328 e. The summed E-state index contributed by atoms with van der Waals surface area (Å²) >= 11 is 0. The summed E-state index contributed by atoms with van der Waals surface area (Å²) < 4.78 is 4.93. The molecule has 0 bridgehead atoms. The van der Waals surface area contributed by atoms with E-state index in [0.29, 0.717) is 19.4 Å². The van der Waals surface area contributed by atoms with Gasteiger partial charge in [0.25, 0.3) is 0 Å². The second-order valence-electron chi connectivity index (χ2n) is 7.08. The standard InChI is InChI=1S/C22H23N5O3/c1-30-21(28)18(13-15-7-3-2-4-8-15)26-22(29)27-12-10-16-19(25-14-24-16)20(27)17-9-5-6-11-23-17/h2-9,11,14,18,20H,10,12-13H2,1H3,(H,24,25)(H,26,29)/t18-,20?/m0/s1. The van der Waals surface area contributed by atoms with Crippen LogP contribution in [0.2, 0.25) is 0 Å². The zero-order valence-corrected chi connectivity index (χ0v) is 16.6. The van der Waals surface area contributed by atoms with Crippen LogP contribution in [0.25, 0.3) is 0 Å². The van der Waals surface area contributed by atoms with Crippen molar-refractivity contribution in [2.45, 2.75) is 24.9 Å². The summed E-state index contributed by atoms with van der Waals surface area (Å²) in [5.74, 6) is -0.487. The van der Waals surface area contributed by atoms with E-state index in [4.69, 9.17) is 4.74 Å². The van der Waals surface area contributed by atoms with Gasteiger partial charge in [0.1, 0.15) is 12.1 Å². The van der Waals surface area contributed by atoms with Crippen LogP contribution in [-0.4, -0.2) is 51.5 Å². The molecule has 8 nitrogen and oxygen atoms in total. The fraction of sp³-hybridized carbons (Fsp3) is 0.273. The number of hydrogen-bond donors (Lipinski definition) is 2. The van der Waals surface area contributed by atoms with Gasteiger partial charge in [0.05, 0.1) is 24.8 Å². The number of H-pyrrole nitrogens is 1. The minimum atomic E-state index is -0.796. The van der Waals surface area contributed by atoms with Crippen LogP contribution >= 0.6 is 0 Å². The molecule has 154 valence electrons. The summed E-state index contributed by atoms with van der Waals surface area (Å²) in [6.45, 7) is 0.474. The molecule has 0 saturated heterocycles. The van der Waals surface area contributed by atoms with Crippen LogP contribution in [0.4, 0.5) is 4.79 Å². The SMILES string of the molecule is COC(=O)[C@H](Cc1ccccc1)NC(=O)N1CCc2[nH]cnc2C1c1ccccn1. The van der Waals surface area contributed by atoms with Crippen LogP contribution in [0.5, 0.6) is 0 Å². The highest BCUT2D eigenvalue weighted by atomic mass is 16.5. The number of hydrogen-bond acceptors (Lipinski definition) is 5. The van der Waals surface area contributed by atoms with E-state index >= 15 is 0 Å². The Morgan fingerprint density at radius 1 is 1.20 bits per heavy atom. The lowest BCUT2D eigenvalue weighted by Gasteiger charge is -2.35.